The minimum absolute atomic E-state index is 0. The zero-order valence-corrected chi connectivity index (χ0v) is 20.3. The van der Waals surface area contributed by atoms with Gasteiger partial charge in [0, 0.05) is 26.2 Å². The molecule has 5 rings (SSSR count). The number of ether oxygens (including phenoxy) is 1. The summed E-state index contributed by atoms with van der Waals surface area (Å²) in [5.74, 6) is -0.176. The molecule has 0 spiro atoms. The molecule has 1 aliphatic rings. The summed E-state index contributed by atoms with van der Waals surface area (Å²) in [6, 6.07) is 11.8. The fraction of sp³-hybridized carbons (Fsp3) is 0.333. The number of rotatable bonds is 5. The SMILES string of the molecule is Cc1ccc2sc(N(CCN3CCOCC3)C(=O)c3cnc4ccccc4n3)nc2c1C.Cl. The van der Waals surface area contributed by atoms with Crippen molar-refractivity contribution in [3.8, 4) is 0 Å². The molecule has 0 N–H and O–H groups in total. The van der Waals surface area contributed by atoms with Crippen LogP contribution in [0.5, 0.6) is 0 Å². The number of para-hydroxylation sites is 2. The number of carbonyl (C=O) groups is 1. The van der Waals surface area contributed by atoms with Gasteiger partial charge in [-0.15, -0.1) is 12.4 Å². The number of morpholine rings is 1. The normalized spacial score (nSPS) is 14.4. The lowest BCUT2D eigenvalue weighted by molar-refractivity contribution is 0.0391. The molecule has 172 valence electrons. The maximum absolute atomic E-state index is 13.6. The molecule has 3 heterocycles. The molecule has 0 atom stereocenters. The number of thiazole rings is 1. The van der Waals surface area contributed by atoms with Crippen LogP contribution in [-0.4, -0.2) is 65.2 Å². The van der Waals surface area contributed by atoms with Gasteiger partial charge in [-0.2, -0.15) is 0 Å². The second-order valence-electron chi connectivity index (χ2n) is 8.01. The summed E-state index contributed by atoms with van der Waals surface area (Å²) in [6.45, 7) is 8.64. The number of hydrogen-bond acceptors (Lipinski definition) is 7. The molecule has 1 amide bonds. The van der Waals surface area contributed by atoms with Gasteiger partial charge in [-0.25, -0.2) is 9.97 Å². The van der Waals surface area contributed by atoms with Gasteiger partial charge in [0.1, 0.15) is 5.69 Å². The largest absolute Gasteiger partial charge is 0.379 e. The van der Waals surface area contributed by atoms with Crippen LogP contribution in [0.2, 0.25) is 0 Å². The monoisotopic (exact) mass is 483 g/mol. The molecule has 0 aliphatic carbocycles. The molecule has 9 heteroatoms. The van der Waals surface area contributed by atoms with Crippen LogP contribution in [-0.2, 0) is 4.74 Å². The third-order valence-electron chi connectivity index (χ3n) is 5.96. The molecule has 1 aliphatic heterocycles. The van der Waals surface area contributed by atoms with E-state index in [-0.39, 0.29) is 18.3 Å². The summed E-state index contributed by atoms with van der Waals surface area (Å²) in [6.07, 6.45) is 1.56. The van der Waals surface area contributed by atoms with Crippen molar-refractivity contribution in [2.75, 3.05) is 44.3 Å². The van der Waals surface area contributed by atoms with Gasteiger partial charge < -0.3 is 4.74 Å². The van der Waals surface area contributed by atoms with E-state index in [1.807, 2.05) is 24.3 Å². The smallest absolute Gasteiger partial charge is 0.280 e. The fourth-order valence-corrected chi connectivity index (χ4v) is 4.93. The third kappa shape index (κ3) is 4.84. The van der Waals surface area contributed by atoms with Crippen LogP contribution in [0.1, 0.15) is 21.6 Å². The summed E-state index contributed by atoms with van der Waals surface area (Å²) in [5.41, 5.74) is 5.12. The minimum Gasteiger partial charge on any atom is -0.379 e. The van der Waals surface area contributed by atoms with Crippen molar-refractivity contribution in [2.45, 2.75) is 13.8 Å². The summed E-state index contributed by atoms with van der Waals surface area (Å²) >= 11 is 1.54. The zero-order chi connectivity index (χ0) is 22.1. The highest BCUT2D eigenvalue weighted by Gasteiger charge is 2.24. The maximum Gasteiger partial charge on any atom is 0.280 e. The van der Waals surface area contributed by atoms with Gasteiger partial charge in [0.05, 0.1) is 40.7 Å². The number of hydrogen-bond donors (Lipinski definition) is 0. The molecular formula is C24H26ClN5O2S. The Kier molecular flexibility index (Phi) is 7.19. The van der Waals surface area contributed by atoms with Crippen LogP contribution in [0.15, 0.2) is 42.6 Å². The van der Waals surface area contributed by atoms with Gasteiger partial charge >= 0.3 is 0 Å². The van der Waals surface area contributed by atoms with Crippen molar-refractivity contribution < 1.29 is 9.53 Å². The Hall–Kier alpha value is -2.65. The Labute approximate surface area is 202 Å². The predicted molar refractivity (Wildman–Crippen MR) is 135 cm³/mol. The van der Waals surface area contributed by atoms with E-state index >= 15 is 0 Å². The number of carbonyl (C=O) groups excluding carboxylic acids is 1. The fourth-order valence-electron chi connectivity index (χ4n) is 3.88. The molecule has 2 aromatic heterocycles. The quantitative estimate of drug-likeness (QED) is 0.422. The molecule has 0 saturated carbocycles. The Balaban J connectivity index is 0.00000259. The van der Waals surface area contributed by atoms with Crippen molar-refractivity contribution in [1.29, 1.82) is 0 Å². The van der Waals surface area contributed by atoms with Gasteiger partial charge in [-0.1, -0.05) is 29.5 Å². The average Bonchev–Trinajstić information content (AvgIpc) is 3.26. The van der Waals surface area contributed by atoms with E-state index in [0.717, 1.165) is 54.1 Å². The standard InChI is InChI=1S/C24H25N5O2S.ClH/c1-16-7-8-21-22(17(16)2)27-24(32-21)29(10-9-28-11-13-31-14-12-28)23(30)20-15-25-18-5-3-4-6-19(18)26-20;/h3-8,15H,9-14H2,1-2H3;1H. The van der Waals surface area contributed by atoms with Crippen molar-refractivity contribution in [1.82, 2.24) is 19.9 Å². The summed E-state index contributed by atoms with van der Waals surface area (Å²) in [4.78, 5) is 31.6. The van der Waals surface area contributed by atoms with Crippen molar-refractivity contribution in [3.63, 3.8) is 0 Å². The minimum atomic E-state index is -0.176. The number of aromatic nitrogens is 3. The molecule has 2 aromatic carbocycles. The van der Waals surface area contributed by atoms with E-state index in [9.17, 15) is 4.79 Å². The lowest BCUT2D eigenvalue weighted by Crippen LogP contribution is -2.43. The van der Waals surface area contributed by atoms with E-state index < -0.39 is 0 Å². The number of benzene rings is 2. The number of aryl methyl sites for hydroxylation is 2. The Morgan fingerprint density at radius 2 is 1.85 bits per heavy atom. The number of fused-ring (bicyclic) bond motifs is 2. The van der Waals surface area contributed by atoms with E-state index in [2.05, 4.69) is 40.8 Å². The summed E-state index contributed by atoms with van der Waals surface area (Å²) in [5, 5.41) is 0.696. The molecule has 7 nitrogen and oxygen atoms in total. The van der Waals surface area contributed by atoms with Gasteiger partial charge in [-0.3, -0.25) is 19.6 Å². The number of anilines is 1. The molecule has 0 unspecified atom stereocenters. The first-order valence-corrected chi connectivity index (χ1v) is 11.6. The number of halogens is 1. The first-order valence-electron chi connectivity index (χ1n) is 10.8. The van der Waals surface area contributed by atoms with Crippen LogP contribution in [0.25, 0.3) is 21.3 Å². The maximum atomic E-state index is 13.6. The Morgan fingerprint density at radius 1 is 1.09 bits per heavy atom. The molecule has 0 radical (unpaired) electrons. The second-order valence-corrected chi connectivity index (χ2v) is 9.01. The van der Waals surface area contributed by atoms with Crippen molar-refractivity contribution in [3.05, 3.63) is 59.4 Å². The van der Waals surface area contributed by atoms with Gasteiger partial charge in [-0.05, 0) is 43.2 Å². The highest BCUT2D eigenvalue weighted by atomic mass is 35.5. The van der Waals surface area contributed by atoms with Gasteiger partial charge in [0.2, 0.25) is 0 Å². The van der Waals surface area contributed by atoms with Crippen LogP contribution < -0.4 is 4.90 Å². The predicted octanol–water partition coefficient (Wildman–Crippen LogP) is 4.26. The van der Waals surface area contributed by atoms with Crippen LogP contribution in [0.4, 0.5) is 5.13 Å². The first-order chi connectivity index (χ1) is 15.6. The summed E-state index contributed by atoms with van der Waals surface area (Å²) < 4.78 is 6.54. The molecule has 1 fully saturated rings. The second kappa shape index (κ2) is 10.1. The first kappa shape index (κ1) is 23.5. The molecule has 1 saturated heterocycles. The lowest BCUT2D eigenvalue weighted by Gasteiger charge is -2.29. The molecule has 0 bridgehead atoms. The highest BCUT2D eigenvalue weighted by molar-refractivity contribution is 7.22. The zero-order valence-electron chi connectivity index (χ0n) is 18.7. The van der Waals surface area contributed by atoms with Crippen LogP contribution in [0, 0.1) is 13.8 Å². The lowest BCUT2D eigenvalue weighted by atomic mass is 10.1. The topological polar surface area (TPSA) is 71.5 Å². The number of nitrogens with zero attached hydrogens (tertiary/aromatic N) is 5. The average molecular weight is 484 g/mol. The van der Waals surface area contributed by atoms with E-state index in [1.54, 1.807) is 22.4 Å². The third-order valence-corrected chi connectivity index (χ3v) is 7.00. The van der Waals surface area contributed by atoms with Crippen molar-refractivity contribution >= 4 is 56.0 Å². The van der Waals surface area contributed by atoms with Crippen LogP contribution in [0.3, 0.4) is 0 Å². The Morgan fingerprint density at radius 3 is 2.64 bits per heavy atom. The number of amides is 1. The molecular weight excluding hydrogens is 458 g/mol. The van der Waals surface area contributed by atoms with Crippen molar-refractivity contribution in [2.24, 2.45) is 0 Å². The van der Waals surface area contributed by atoms with E-state index in [4.69, 9.17) is 9.72 Å². The Bertz CT molecular complexity index is 1290. The molecule has 4 aromatic rings. The summed E-state index contributed by atoms with van der Waals surface area (Å²) in [7, 11) is 0. The molecule has 33 heavy (non-hydrogen) atoms. The van der Waals surface area contributed by atoms with Crippen LogP contribution >= 0.6 is 23.7 Å². The van der Waals surface area contributed by atoms with E-state index in [1.165, 1.54) is 5.56 Å². The van der Waals surface area contributed by atoms with Gasteiger partial charge in [0.15, 0.2) is 5.13 Å². The van der Waals surface area contributed by atoms with Gasteiger partial charge in [0.25, 0.3) is 5.91 Å². The highest BCUT2D eigenvalue weighted by Crippen LogP contribution is 2.32. The van der Waals surface area contributed by atoms with E-state index in [0.29, 0.717) is 22.9 Å².